The Kier molecular flexibility index (Phi) is 4.87. The highest BCUT2D eigenvalue weighted by atomic mass is 16.6. The molecule has 1 heterocycles. The van der Waals surface area contributed by atoms with Crippen molar-refractivity contribution in [3.63, 3.8) is 0 Å². The van der Waals surface area contributed by atoms with Gasteiger partial charge in [0.25, 0.3) is 0 Å². The zero-order valence-electron chi connectivity index (χ0n) is 11.4. The fourth-order valence-electron chi connectivity index (χ4n) is 2.03. The Hall–Kier alpha value is -1.46. The van der Waals surface area contributed by atoms with Crippen molar-refractivity contribution >= 4 is 0 Å². The van der Waals surface area contributed by atoms with E-state index in [1.54, 1.807) is 7.11 Å². The van der Waals surface area contributed by atoms with Crippen LogP contribution in [0.2, 0.25) is 0 Å². The standard InChI is InChI=1S/C14H21NO4/c1-3-11(9-16)15-8-10-6-12(17-2)14-13(7-10)18-4-5-19-14/h6-7,11,15-16H,3-5,8-9H2,1-2H3. The predicted molar refractivity (Wildman–Crippen MR) is 72.0 cm³/mol. The SMILES string of the molecule is CCC(CO)NCc1cc(OC)c2c(c1)OCCO2. The first-order valence-electron chi connectivity index (χ1n) is 6.59. The highest BCUT2D eigenvalue weighted by molar-refractivity contribution is 5.54. The fraction of sp³-hybridized carbons (Fsp3) is 0.571. The molecule has 1 aromatic carbocycles. The zero-order valence-corrected chi connectivity index (χ0v) is 11.4. The Labute approximate surface area is 113 Å². The fourth-order valence-corrected chi connectivity index (χ4v) is 2.03. The molecule has 0 radical (unpaired) electrons. The summed E-state index contributed by atoms with van der Waals surface area (Å²) in [5, 5.41) is 12.5. The van der Waals surface area contributed by atoms with Gasteiger partial charge >= 0.3 is 0 Å². The molecule has 0 fully saturated rings. The maximum atomic E-state index is 9.16. The molecule has 1 aliphatic heterocycles. The summed E-state index contributed by atoms with van der Waals surface area (Å²) in [4.78, 5) is 0. The number of nitrogens with one attached hydrogen (secondary N) is 1. The minimum absolute atomic E-state index is 0.110. The number of methoxy groups -OCH3 is 1. The van der Waals surface area contributed by atoms with Crippen LogP contribution in [0.25, 0.3) is 0 Å². The van der Waals surface area contributed by atoms with E-state index in [1.807, 2.05) is 19.1 Å². The smallest absolute Gasteiger partial charge is 0.203 e. The number of ether oxygens (including phenoxy) is 3. The third-order valence-electron chi connectivity index (χ3n) is 3.20. The topological polar surface area (TPSA) is 60.0 Å². The molecule has 5 heteroatoms. The first kappa shape index (κ1) is 14.0. The molecule has 1 aromatic rings. The first-order valence-corrected chi connectivity index (χ1v) is 6.59. The molecule has 0 amide bonds. The Balaban J connectivity index is 2.13. The van der Waals surface area contributed by atoms with Crippen molar-refractivity contribution in [3.05, 3.63) is 17.7 Å². The van der Waals surface area contributed by atoms with Gasteiger partial charge in [-0.1, -0.05) is 6.92 Å². The quantitative estimate of drug-likeness (QED) is 0.814. The Morgan fingerprint density at radius 3 is 2.84 bits per heavy atom. The van der Waals surface area contributed by atoms with Gasteiger partial charge in [0.2, 0.25) is 5.75 Å². The molecule has 0 aliphatic carbocycles. The molecular weight excluding hydrogens is 246 g/mol. The lowest BCUT2D eigenvalue weighted by atomic mass is 10.1. The van der Waals surface area contributed by atoms with Gasteiger partial charge in [-0.25, -0.2) is 0 Å². The largest absolute Gasteiger partial charge is 0.493 e. The van der Waals surface area contributed by atoms with Crippen molar-refractivity contribution < 1.29 is 19.3 Å². The van der Waals surface area contributed by atoms with Crippen LogP contribution in [0.4, 0.5) is 0 Å². The molecule has 0 aromatic heterocycles. The molecule has 0 saturated heterocycles. The molecule has 0 saturated carbocycles. The summed E-state index contributed by atoms with van der Waals surface area (Å²) in [5.74, 6) is 2.08. The van der Waals surface area contributed by atoms with Crippen molar-refractivity contribution in [3.8, 4) is 17.2 Å². The summed E-state index contributed by atoms with van der Waals surface area (Å²) in [5.41, 5.74) is 1.05. The molecule has 2 N–H and O–H groups in total. The zero-order chi connectivity index (χ0) is 13.7. The number of benzene rings is 1. The van der Waals surface area contributed by atoms with Gasteiger partial charge in [0, 0.05) is 12.6 Å². The first-order chi connectivity index (χ1) is 9.28. The van der Waals surface area contributed by atoms with Gasteiger partial charge in [-0.05, 0) is 24.1 Å². The maximum absolute atomic E-state index is 9.16. The number of rotatable bonds is 6. The van der Waals surface area contributed by atoms with Crippen molar-refractivity contribution in [2.75, 3.05) is 26.9 Å². The van der Waals surface area contributed by atoms with Gasteiger partial charge in [-0.2, -0.15) is 0 Å². The minimum atomic E-state index is 0.110. The van der Waals surface area contributed by atoms with E-state index in [2.05, 4.69) is 5.32 Å². The van der Waals surface area contributed by atoms with Crippen LogP contribution in [-0.2, 0) is 6.54 Å². The third kappa shape index (κ3) is 3.30. The summed E-state index contributed by atoms with van der Waals surface area (Å²) in [6.45, 7) is 3.94. The van der Waals surface area contributed by atoms with E-state index in [1.165, 1.54) is 0 Å². The average molecular weight is 267 g/mol. The number of fused-ring (bicyclic) bond motifs is 1. The van der Waals surface area contributed by atoms with E-state index in [4.69, 9.17) is 19.3 Å². The van der Waals surface area contributed by atoms with E-state index in [0.717, 1.165) is 17.7 Å². The Bertz CT molecular complexity index is 401. The van der Waals surface area contributed by atoms with Gasteiger partial charge in [0.05, 0.1) is 13.7 Å². The number of hydrogen-bond acceptors (Lipinski definition) is 5. The number of hydrogen-bond donors (Lipinski definition) is 2. The summed E-state index contributed by atoms with van der Waals surface area (Å²) in [7, 11) is 1.62. The van der Waals surface area contributed by atoms with Crippen LogP contribution in [0.5, 0.6) is 17.2 Å². The highest BCUT2D eigenvalue weighted by Gasteiger charge is 2.18. The van der Waals surface area contributed by atoms with Crippen molar-refractivity contribution in [1.82, 2.24) is 5.32 Å². The Morgan fingerprint density at radius 1 is 1.37 bits per heavy atom. The molecule has 1 aliphatic rings. The summed E-state index contributed by atoms with van der Waals surface area (Å²) >= 11 is 0. The molecule has 2 rings (SSSR count). The second kappa shape index (κ2) is 6.63. The highest BCUT2D eigenvalue weighted by Crippen LogP contribution is 2.40. The van der Waals surface area contributed by atoms with Crippen molar-refractivity contribution in [1.29, 1.82) is 0 Å². The summed E-state index contributed by atoms with van der Waals surface area (Å²) < 4.78 is 16.5. The van der Waals surface area contributed by atoms with E-state index >= 15 is 0 Å². The maximum Gasteiger partial charge on any atom is 0.203 e. The van der Waals surface area contributed by atoms with E-state index in [-0.39, 0.29) is 12.6 Å². The van der Waals surface area contributed by atoms with Crippen molar-refractivity contribution in [2.24, 2.45) is 0 Å². The Morgan fingerprint density at radius 2 is 2.16 bits per heavy atom. The predicted octanol–water partition coefficient (Wildman–Crippen LogP) is 1.33. The minimum Gasteiger partial charge on any atom is -0.493 e. The number of aliphatic hydroxyl groups is 1. The molecule has 106 valence electrons. The third-order valence-corrected chi connectivity index (χ3v) is 3.20. The molecule has 0 spiro atoms. The van der Waals surface area contributed by atoms with Crippen LogP contribution in [-0.4, -0.2) is 38.1 Å². The van der Waals surface area contributed by atoms with Crippen LogP contribution in [0, 0.1) is 0 Å². The van der Waals surface area contributed by atoms with E-state index in [0.29, 0.717) is 31.3 Å². The van der Waals surface area contributed by atoms with Gasteiger partial charge in [-0.15, -0.1) is 0 Å². The normalized spacial score (nSPS) is 15.1. The van der Waals surface area contributed by atoms with Gasteiger partial charge in [-0.3, -0.25) is 0 Å². The molecule has 1 unspecified atom stereocenters. The van der Waals surface area contributed by atoms with Crippen LogP contribution in [0.15, 0.2) is 12.1 Å². The van der Waals surface area contributed by atoms with Crippen LogP contribution in [0.1, 0.15) is 18.9 Å². The average Bonchev–Trinajstić information content (AvgIpc) is 2.47. The molecule has 1 atom stereocenters. The van der Waals surface area contributed by atoms with E-state index < -0.39 is 0 Å². The van der Waals surface area contributed by atoms with Crippen LogP contribution in [0.3, 0.4) is 0 Å². The van der Waals surface area contributed by atoms with Crippen LogP contribution < -0.4 is 19.5 Å². The second-order valence-electron chi connectivity index (χ2n) is 4.49. The van der Waals surface area contributed by atoms with E-state index in [9.17, 15) is 0 Å². The molecule has 0 bridgehead atoms. The lowest BCUT2D eigenvalue weighted by Gasteiger charge is -2.22. The van der Waals surface area contributed by atoms with Gasteiger partial charge in [0.15, 0.2) is 11.5 Å². The van der Waals surface area contributed by atoms with Gasteiger partial charge < -0.3 is 24.6 Å². The summed E-state index contributed by atoms with van der Waals surface area (Å²) in [6, 6.07) is 4.00. The second-order valence-corrected chi connectivity index (χ2v) is 4.49. The molecular formula is C14H21NO4. The summed E-state index contributed by atoms with van der Waals surface area (Å²) in [6.07, 6.45) is 0.887. The lowest BCUT2D eigenvalue weighted by Crippen LogP contribution is -2.31. The van der Waals surface area contributed by atoms with Gasteiger partial charge in [0.1, 0.15) is 13.2 Å². The monoisotopic (exact) mass is 267 g/mol. The molecule has 5 nitrogen and oxygen atoms in total. The number of aliphatic hydroxyl groups excluding tert-OH is 1. The van der Waals surface area contributed by atoms with Crippen molar-refractivity contribution in [2.45, 2.75) is 25.9 Å². The lowest BCUT2D eigenvalue weighted by molar-refractivity contribution is 0.165. The molecule has 19 heavy (non-hydrogen) atoms. The van der Waals surface area contributed by atoms with Crippen LogP contribution >= 0.6 is 0 Å².